The molecule has 1 fully saturated rings. The third-order valence-electron chi connectivity index (χ3n) is 3.03. The number of hydroxylamine groups is 1. The molecule has 120 valence electrons. The van der Waals surface area contributed by atoms with E-state index in [1.165, 1.54) is 0 Å². The minimum absolute atomic E-state index is 0.0803. The first-order valence-corrected chi connectivity index (χ1v) is 6.85. The van der Waals surface area contributed by atoms with E-state index in [-0.39, 0.29) is 12.1 Å². The third kappa shape index (κ3) is 4.74. The lowest BCUT2D eigenvalue weighted by Gasteiger charge is -2.22. The molecule has 8 heteroatoms. The normalized spacial score (nSPS) is 17.8. The summed E-state index contributed by atoms with van der Waals surface area (Å²) in [6.45, 7) is 0.220. The number of benzene rings is 1. The maximum Gasteiger partial charge on any atom is 0.263 e. The van der Waals surface area contributed by atoms with Crippen molar-refractivity contribution in [2.45, 2.75) is 25.6 Å². The first-order chi connectivity index (χ1) is 10.6. The van der Waals surface area contributed by atoms with Crippen molar-refractivity contribution in [3.63, 3.8) is 0 Å². The summed E-state index contributed by atoms with van der Waals surface area (Å²) < 4.78 is 31.0. The van der Waals surface area contributed by atoms with Crippen molar-refractivity contribution in [3.8, 4) is 0 Å². The van der Waals surface area contributed by atoms with E-state index >= 15 is 0 Å². The van der Waals surface area contributed by atoms with Gasteiger partial charge in [-0.2, -0.15) is 0 Å². The summed E-state index contributed by atoms with van der Waals surface area (Å²) >= 11 is 0. The van der Waals surface area contributed by atoms with Gasteiger partial charge in [0.25, 0.3) is 11.8 Å². The van der Waals surface area contributed by atoms with Gasteiger partial charge in [-0.3, -0.25) is 9.59 Å². The van der Waals surface area contributed by atoms with E-state index in [0.29, 0.717) is 13.0 Å². The zero-order valence-corrected chi connectivity index (χ0v) is 11.7. The zero-order valence-electron chi connectivity index (χ0n) is 11.7. The lowest BCUT2D eigenvalue weighted by atomic mass is 10.2. The molecule has 1 atom stereocenters. The Morgan fingerprint density at radius 1 is 1.27 bits per heavy atom. The number of halogens is 2. The van der Waals surface area contributed by atoms with Gasteiger partial charge in [-0.25, -0.2) is 19.1 Å². The molecule has 1 aliphatic heterocycles. The fraction of sp³-hybridized carbons (Fsp3) is 0.429. The predicted octanol–water partition coefficient (Wildman–Crippen LogP) is 1.27. The lowest BCUT2D eigenvalue weighted by Crippen LogP contribution is -2.39. The molecule has 0 saturated carbocycles. The zero-order chi connectivity index (χ0) is 15.9. The Balaban J connectivity index is 1.73. The van der Waals surface area contributed by atoms with Crippen LogP contribution in [-0.4, -0.2) is 31.3 Å². The molecule has 1 aromatic rings. The molecule has 1 unspecified atom stereocenters. The molecule has 1 heterocycles. The topological polar surface area (TPSA) is 76.7 Å². The van der Waals surface area contributed by atoms with Gasteiger partial charge in [0.15, 0.2) is 17.9 Å². The maximum absolute atomic E-state index is 13.0. The summed E-state index contributed by atoms with van der Waals surface area (Å²) in [4.78, 5) is 28.2. The molecule has 0 radical (unpaired) electrons. The fourth-order valence-electron chi connectivity index (χ4n) is 1.87. The minimum Gasteiger partial charge on any atom is -0.350 e. The van der Waals surface area contributed by atoms with Crippen LogP contribution in [0.25, 0.3) is 0 Å². The molecule has 0 aromatic heterocycles. The molecule has 1 aromatic carbocycles. The maximum atomic E-state index is 13.0. The first kappa shape index (κ1) is 16.3. The van der Waals surface area contributed by atoms with Crippen molar-refractivity contribution < 1.29 is 27.9 Å². The summed E-state index contributed by atoms with van der Waals surface area (Å²) in [5, 5.41) is 2.27. The summed E-state index contributed by atoms with van der Waals surface area (Å²) in [6, 6.07) is 2.72. The third-order valence-corrected chi connectivity index (χ3v) is 3.03. The number of hydrogen-bond donors (Lipinski definition) is 2. The monoisotopic (exact) mass is 314 g/mol. The van der Waals surface area contributed by atoms with Crippen LogP contribution < -0.4 is 10.8 Å². The van der Waals surface area contributed by atoms with Crippen molar-refractivity contribution in [1.29, 1.82) is 0 Å². The van der Waals surface area contributed by atoms with E-state index in [0.717, 1.165) is 31.0 Å². The molecule has 1 aliphatic rings. The van der Waals surface area contributed by atoms with Crippen molar-refractivity contribution >= 4 is 11.8 Å². The molecule has 0 bridgehead atoms. The Hall–Kier alpha value is -2.06. The second kappa shape index (κ2) is 7.81. The highest BCUT2D eigenvalue weighted by Crippen LogP contribution is 2.12. The van der Waals surface area contributed by atoms with Gasteiger partial charge in [0.2, 0.25) is 0 Å². The number of hydrogen-bond acceptors (Lipinski definition) is 4. The SMILES string of the molecule is O=C(CNC(=O)c1ccc(F)c(F)c1)NOC1CCCCO1. The van der Waals surface area contributed by atoms with Crippen LogP contribution in [0, 0.1) is 11.6 Å². The molecule has 2 rings (SSSR count). The first-order valence-electron chi connectivity index (χ1n) is 6.85. The van der Waals surface area contributed by atoms with Crippen LogP contribution in [0.2, 0.25) is 0 Å². The molecular formula is C14H16F2N2O4. The summed E-state index contributed by atoms with van der Waals surface area (Å²) in [5.41, 5.74) is 2.09. The van der Waals surface area contributed by atoms with E-state index in [4.69, 9.17) is 9.57 Å². The highest BCUT2D eigenvalue weighted by atomic mass is 19.2. The van der Waals surface area contributed by atoms with Crippen LogP contribution in [-0.2, 0) is 14.4 Å². The molecule has 6 nitrogen and oxygen atoms in total. The second-order valence-electron chi connectivity index (χ2n) is 4.75. The van der Waals surface area contributed by atoms with Gasteiger partial charge < -0.3 is 10.1 Å². The average Bonchev–Trinajstić information content (AvgIpc) is 2.54. The Labute approximate surface area is 125 Å². The van der Waals surface area contributed by atoms with Crippen LogP contribution in [0.3, 0.4) is 0 Å². The number of nitrogens with one attached hydrogen (secondary N) is 2. The highest BCUT2D eigenvalue weighted by Gasteiger charge is 2.16. The van der Waals surface area contributed by atoms with Crippen LogP contribution in [0.5, 0.6) is 0 Å². The van der Waals surface area contributed by atoms with Gasteiger partial charge in [0, 0.05) is 18.6 Å². The Morgan fingerprint density at radius 3 is 2.77 bits per heavy atom. The van der Waals surface area contributed by atoms with Gasteiger partial charge in [-0.1, -0.05) is 0 Å². The molecule has 0 spiro atoms. The smallest absolute Gasteiger partial charge is 0.263 e. The van der Waals surface area contributed by atoms with Gasteiger partial charge in [-0.15, -0.1) is 0 Å². The molecule has 22 heavy (non-hydrogen) atoms. The number of ether oxygens (including phenoxy) is 1. The van der Waals surface area contributed by atoms with Gasteiger partial charge >= 0.3 is 0 Å². The van der Waals surface area contributed by atoms with Crippen molar-refractivity contribution in [2.24, 2.45) is 0 Å². The number of carbonyl (C=O) groups is 2. The summed E-state index contributed by atoms with van der Waals surface area (Å²) in [5.74, 6) is -3.45. The van der Waals surface area contributed by atoms with Crippen LogP contribution in [0.15, 0.2) is 18.2 Å². The fourth-order valence-corrected chi connectivity index (χ4v) is 1.87. The van der Waals surface area contributed by atoms with E-state index < -0.39 is 29.7 Å². The minimum atomic E-state index is -1.13. The second-order valence-corrected chi connectivity index (χ2v) is 4.75. The van der Waals surface area contributed by atoms with E-state index in [1.54, 1.807) is 0 Å². The van der Waals surface area contributed by atoms with Crippen molar-refractivity contribution in [1.82, 2.24) is 10.8 Å². The van der Waals surface area contributed by atoms with Gasteiger partial charge in [-0.05, 0) is 31.0 Å². The van der Waals surface area contributed by atoms with Gasteiger partial charge in [0.1, 0.15) is 0 Å². The van der Waals surface area contributed by atoms with E-state index in [9.17, 15) is 18.4 Å². The largest absolute Gasteiger partial charge is 0.350 e. The van der Waals surface area contributed by atoms with Gasteiger partial charge in [0.05, 0.1) is 6.54 Å². The van der Waals surface area contributed by atoms with Crippen LogP contribution in [0.4, 0.5) is 8.78 Å². The lowest BCUT2D eigenvalue weighted by molar-refractivity contribution is -0.200. The average molecular weight is 314 g/mol. The molecule has 2 N–H and O–H groups in total. The number of amides is 2. The molecular weight excluding hydrogens is 298 g/mol. The van der Waals surface area contributed by atoms with Crippen LogP contribution >= 0.6 is 0 Å². The van der Waals surface area contributed by atoms with Crippen LogP contribution in [0.1, 0.15) is 29.6 Å². The van der Waals surface area contributed by atoms with Crippen molar-refractivity contribution in [3.05, 3.63) is 35.4 Å². The number of rotatable bonds is 5. The Bertz CT molecular complexity index is 548. The van der Waals surface area contributed by atoms with E-state index in [1.807, 2.05) is 0 Å². The van der Waals surface area contributed by atoms with E-state index in [2.05, 4.69) is 10.8 Å². The Kier molecular flexibility index (Phi) is 5.79. The predicted molar refractivity (Wildman–Crippen MR) is 71.5 cm³/mol. The molecule has 1 saturated heterocycles. The molecule has 2 amide bonds. The molecule has 0 aliphatic carbocycles. The number of carbonyl (C=O) groups excluding carboxylic acids is 2. The standard InChI is InChI=1S/C14H16F2N2O4/c15-10-5-4-9(7-11(10)16)14(20)17-8-12(19)18-22-13-3-1-2-6-21-13/h4-5,7,13H,1-3,6,8H2,(H,17,20)(H,18,19). The van der Waals surface area contributed by atoms with Crippen molar-refractivity contribution in [2.75, 3.05) is 13.2 Å². The summed E-state index contributed by atoms with van der Waals surface area (Å²) in [7, 11) is 0. The Morgan fingerprint density at radius 2 is 2.09 bits per heavy atom. The quantitative estimate of drug-likeness (QED) is 0.803. The highest BCUT2D eigenvalue weighted by molar-refractivity contribution is 5.96. The summed E-state index contributed by atoms with van der Waals surface area (Å²) in [6.07, 6.45) is 2.10.